The largest absolute Gasteiger partial charge is 0.504 e. The van der Waals surface area contributed by atoms with Gasteiger partial charge in [0.15, 0.2) is 5.75 Å². The van der Waals surface area contributed by atoms with E-state index in [1.807, 2.05) is 6.92 Å². The molecule has 0 aromatic heterocycles. The SMILES string of the molecule is CCc1ccc(O)c([O])c1. The molecule has 0 unspecified atom stereocenters. The van der Waals surface area contributed by atoms with Crippen molar-refractivity contribution >= 4 is 0 Å². The summed E-state index contributed by atoms with van der Waals surface area (Å²) in [6.07, 6.45) is 0.829. The van der Waals surface area contributed by atoms with E-state index >= 15 is 0 Å². The van der Waals surface area contributed by atoms with E-state index in [1.165, 1.54) is 12.1 Å². The van der Waals surface area contributed by atoms with Crippen LogP contribution in [0.15, 0.2) is 18.2 Å². The van der Waals surface area contributed by atoms with E-state index in [9.17, 15) is 5.11 Å². The standard InChI is InChI=1S/C8H9O2/c1-2-6-3-4-7(9)8(10)5-6/h3-5,9H,2H2,1H3. The first kappa shape index (κ1) is 6.93. The highest BCUT2D eigenvalue weighted by Gasteiger charge is 1.99. The molecule has 1 aromatic carbocycles. The maximum absolute atomic E-state index is 10.7. The van der Waals surface area contributed by atoms with E-state index in [4.69, 9.17) is 5.11 Å². The zero-order chi connectivity index (χ0) is 7.56. The van der Waals surface area contributed by atoms with Crippen LogP contribution in [0.5, 0.6) is 11.5 Å². The Bertz CT molecular complexity index is 231. The molecule has 0 saturated heterocycles. The highest BCUT2D eigenvalue weighted by atomic mass is 16.3. The van der Waals surface area contributed by atoms with Gasteiger partial charge in [-0.25, -0.2) is 0 Å². The topological polar surface area (TPSA) is 40.1 Å². The third-order valence-corrected chi connectivity index (χ3v) is 1.43. The Morgan fingerprint density at radius 2 is 2.20 bits per heavy atom. The monoisotopic (exact) mass is 137 g/mol. The molecule has 0 spiro atoms. The van der Waals surface area contributed by atoms with Gasteiger partial charge in [0.1, 0.15) is 0 Å². The van der Waals surface area contributed by atoms with Gasteiger partial charge in [0.05, 0.1) is 0 Å². The molecule has 0 heterocycles. The van der Waals surface area contributed by atoms with Crippen molar-refractivity contribution in [2.45, 2.75) is 13.3 Å². The van der Waals surface area contributed by atoms with Gasteiger partial charge in [-0.05, 0) is 24.1 Å². The average molecular weight is 137 g/mol. The van der Waals surface area contributed by atoms with Crippen molar-refractivity contribution in [3.63, 3.8) is 0 Å². The van der Waals surface area contributed by atoms with Gasteiger partial charge in [-0.2, -0.15) is 0 Å². The molecule has 0 saturated carbocycles. The van der Waals surface area contributed by atoms with Gasteiger partial charge in [-0.1, -0.05) is 13.0 Å². The summed E-state index contributed by atoms with van der Waals surface area (Å²) >= 11 is 0. The fourth-order valence-electron chi connectivity index (χ4n) is 0.778. The molecule has 0 aliphatic heterocycles. The van der Waals surface area contributed by atoms with Gasteiger partial charge in [0.25, 0.3) is 0 Å². The fraction of sp³-hybridized carbons (Fsp3) is 0.250. The highest BCUT2D eigenvalue weighted by Crippen LogP contribution is 2.25. The zero-order valence-electron chi connectivity index (χ0n) is 5.79. The molecule has 1 N–H and O–H groups in total. The molecule has 2 nitrogen and oxygen atoms in total. The second kappa shape index (κ2) is 2.60. The van der Waals surface area contributed by atoms with Gasteiger partial charge in [0, 0.05) is 0 Å². The Labute approximate surface area is 59.7 Å². The van der Waals surface area contributed by atoms with Crippen molar-refractivity contribution in [3.8, 4) is 11.5 Å². The molecule has 0 amide bonds. The number of benzene rings is 1. The van der Waals surface area contributed by atoms with Crippen LogP contribution in [-0.2, 0) is 11.5 Å². The first-order valence-corrected chi connectivity index (χ1v) is 3.23. The minimum absolute atomic E-state index is 0.169. The van der Waals surface area contributed by atoms with Crippen LogP contribution in [0.4, 0.5) is 0 Å². The number of aromatic hydroxyl groups is 1. The van der Waals surface area contributed by atoms with E-state index in [0.29, 0.717) is 0 Å². The van der Waals surface area contributed by atoms with Crippen LogP contribution in [0, 0.1) is 0 Å². The number of rotatable bonds is 1. The summed E-state index contributed by atoms with van der Waals surface area (Å²) in [5.74, 6) is -0.462. The Hall–Kier alpha value is -1.18. The molecule has 10 heavy (non-hydrogen) atoms. The molecule has 0 aliphatic carbocycles. The third-order valence-electron chi connectivity index (χ3n) is 1.43. The van der Waals surface area contributed by atoms with E-state index in [1.54, 1.807) is 6.07 Å². The molecule has 0 aliphatic rings. The first-order chi connectivity index (χ1) is 4.74. The summed E-state index contributed by atoms with van der Waals surface area (Å²) in [4.78, 5) is 0. The summed E-state index contributed by atoms with van der Waals surface area (Å²) in [5.41, 5.74) is 0.961. The minimum atomic E-state index is -0.292. The second-order valence-electron chi connectivity index (χ2n) is 2.16. The van der Waals surface area contributed by atoms with Gasteiger partial charge >= 0.3 is 0 Å². The molecule has 1 rings (SSSR count). The van der Waals surface area contributed by atoms with Crippen LogP contribution in [-0.4, -0.2) is 5.11 Å². The Morgan fingerprint density at radius 1 is 1.50 bits per heavy atom. The van der Waals surface area contributed by atoms with Crippen molar-refractivity contribution in [3.05, 3.63) is 23.8 Å². The molecular formula is C8H9O2. The Morgan fingerprint density at radius 3 is 2.70 bits per heavy atom. The number of phenolic OH excluding ortho intramolecular Hbond substituents is 1. The van der Waals surface area contributed by atoms with Gasteiger partial charge in [-0.3, -0.25) is 5.11 Å². The predicted octanol–water partition coefficient (Wildman–Crippen LogP) is 2.10. The lowest BCUT2D eigenvalue weighted by Crippen LogP contribution is -1.77. The summed E-state index contributed by atoms with van der Waals surface area (Å²) in [6, 6.07) is 4.63. The van der Waals surface area contributed by atoms with E-state index in [-0.39, 0.29) is 11.5 Å². The summed E-state index contributed by atoms with van der Waals surface area (Å²) in [5, 5.41) is 19.6. The van der Waals surface area contributed by atoms with Crippen molar-refractivity contribution in [1.82, 2.24) is 0 Å². The fourth-order valence-corrected chi connectivity index (χ4v) is 0.778. The molecule has 1 radical (unpaired) electrons. The maximum Gasteiger partial charge on any atom is 0.220 e. The molecule has 0 fully saturated rings. The van der Waals surface area contributed by atoms with Gasteiger partial charge < -0.3 is 5.11 Å². The van der Waals surface area contributed by atoms with Crippen molar-refractivity contribution in [2.24, 2.45) is 0 Å². The third kappa shape index (κ3) is 1.21. The molecule has 53 valence electrons. The van der Waals surface area contributed by atoms with Crippen LogP contribution in [0.1, 0.15) is 12.5 Å². The predicted molar refractivity (Wildman–Crippen MR) is 37.6 cm³/mol. The van der Waals surface area contributed by atoms with Crippen LogP contribution in [0.25, 0.3) is 0 Å². The van der Waals surface area contributed by atoms with Crippen LogP contribution < -0.4 is 0 Å². The van der Waals surface area contributed by atoms with Crippen LogP contribution in [0.2, 0.25) is 0 Å². The van der Waals surface area contributed by atoms with E-state index < -0.39 is 0 Å². The van der Waals surface area contributed by atoms with Crippen LogP contribution >= 0.6 is 0 Å². The molecular weight excluding hydrogens is 128 g/mol. The van der Waals surface area contributed by atoms with Crippen LogP contribution in [0.3, 0.4) is 0 Å². The smallest absolute Gasteiger partial charge is 0.220 e. The quantitative estimate of drug-likeness (QED) is 0.632. The van der Waals surface area contributed by atoms with Crippen molar-refractivity contribution in [2.75, 3.05) is 0 Å². The highest BCUT2D eigenvalue weighted by molar-refractivity contribution is 5.40. The van der Waals surface area contributed by atoms with Gasteiger partial charge in [-0.15, -0.1) is 0 Å². The molecule has 0 atom stereocenters. The summed E-state index contributed by atoms with van der Waals surface area (Å²) < 4.78 is 0. The Balaban J connectivity index is 3.04. The molecule has 0 bridgehead atoms. The summed E-state index contributed by atoms with van der Waals surface area (Å²) in [7, 11) is 0. The lowest BCUT2D eigenvalue weighted by Gasteiger charge is -1.96. The number of phenols is 1. The lowest BCUT2D eigenvalue weighted by molar-refractivity contribution is 0.324. The number of aryl methyl sites for hydroxylation is 1. The zero-order valence-corrected chi connectivity index (χ0v) is 5.79. The number of hydrogen-bond acceptors (Lipinski definition) is 1. The maximum atomic E-state index is 10.7. The average Bonchev–Trinajstić information content (AvgIpc) is 1.95. The molecule has 1 aromatic rings. The first-order valence-electron chi connectivity index (χ1n) is 3.23. The normalized spacial score (nSPS) is 9.70. The van der Waals surface area contributed by atoms with Crippen molar-refractivity contribution in [1.29, 1.82) is 0 Å². The summed E-state index contributed by atoms with van der Waals surface area (Å²) in [6.45, 7) is 1.96. The number of hydrogen-bond donors (Lipinski definition) is 1. The van der Waals surface area contributed by atoms with E-state index in [2.05, 4.69) is 0 Å². The molecule has 2 heteroatoms. The lowest BCUT2D eigenvalue weighted by atomic mass is 10.1. The van der Waals surface area contributed by atoms with E-state index in [0.717, 1.165) is 12.0 Å². The second-order valence-corrected chi connectivity index (χ2v) is 2.16. The minimum Gasteiger partial charge on any atom is -0.504 e. The van der Waals surface area contributed by atoms with Gasteiger partial charge in [0.2, 0.25) is 5.75 Å². The van der Waals surface area contributed by atoms with Crippen molar-refractivity contribution < 1.29 is 10.2 Å². The Kier molecular flexibility index (Phi) is 1.81.